The van der Waals surface area contributed by atoms with Crippen LogP contribution < -0.4 is 4.74 Å². The molecule has 1 aliphatic heterocycles. The molecule has 28 heavy (non-hydrogen) atoms. The van der Waals surface area contributed by atoms with Crippen LogP contribution in [0.4, 0.5) is 13.2 Å². The van der Waals surface area contributed by atoms with Gasteiger partial charge in [-0.25, -0.2) is 4.79 Å². The minimum atomic E-state index is -4.85. The first-order chi connectivity index (χ1) is 13.4. The summed E-state index contributed by atoms with van der Waals surface area (Å²) < 4.78 is 51.6. The number of para-hydroxylation sites is 2. The number of aromatic nitrogens is 1. The minimum absolute atomic E-state index is 0.0459. The average molecular weight is 387 g/mol. The molecule has 0 bridgehead atoms. The van der Waals surface area contributed by atoms with Crippen LogP contribution in [0.5, 0.6) is 5.75 Å². The molecule has 1 aromatic heterocycles. The maximum absolute atomic E-state index is 13.8. The van der Waals surface area contributed by atoms with E-state index in [1.54, 1.807) is 43.5 Å². The van der Waals surface area contributed by atoms with Gasteiger partial charge in [0.15, 0.2) is 0 Å². The number of ether oxygens (including phenoxy) is 2. The van der Waals surface area contributed by atoms with Crippen molar-refractivity contribution in [3.8, 4) is 5.75 Å². The molecule has 0 fully saturated rings. The molecule has 3 aromatic rings. The highest BCUT2D eigenvalue weighted by Gasteiger charge is 2.48. The van der Waals surface area contributed by atoms with Crippen LogP contribution in [0.25, 0.3) is 10.9 Å². The summed E-state index contributed by atoms with van der Waals surface area (Å²) in [5.74, 6) is -3.28. The molecule has 1 aliphatic rings. The Morgan fingerprint density at radius 2 is 1.82 bits per heavy atom. The van der Waals surface area contributed by atoms with E-state index in [-0.39, 0.29) is 12.4 Å². The fraction of sp³-hybridized carbons (Fsp3) is 0.190. The van der Waals surface area contributed by atoms with Crippen LogP contribution in [-0.4, -0.2) is 23.7 Å². The molecule has 1 unspecified atom stereocenters. The van der Waals surface area contributed by atoms with Gasteiger partial charge in [0.2, 0.25) is 5.76 Å². The molecule has 0 saturated heterocycles. The number of H-pyrrole nitrogens is 1. The van der Waals surface area contributed by atoms with E-state index in [0.29, 0.717) is 11.1 Å². The molecule has 0 spiro atoms. The quantitative estimate of drug-likeness (QED) is 0.639. The molecular weight excluding hydrogens is 371 g/mol. The van der Waals surface area contributed by atoms with E-state index in [1.165, 1.54) is 6.07 Å². The number of allylic oxidation sites excluding steroid dienone is 1. The smallest absolute Gasteiger partial charge is 0.450 e. The van der Waals surface area contributed by atoms with Crippen LogP contribution in [0.15, 0.2) is 66.1 Å². The highest BCUT2D eigenvalue weighted by atomic mass is 19.4. The number of alkyl halides is 3. The number of benzene rings is 2. The molecule has 2 aromatic carbocycles. The van der Waals surface area contributed by atoms with E-state index in [1.807, 2.05) is 12.1 Å². The van der Waals surface area contributed by atoms with Crippen molar-refractivity contribution in [2.45, 2.75) is 19.0 Å². The summed E-state index contributed by atoms with van der Waals surface area (Å²) in [4.78, 5) is 15.7. The maximum atomic E-state index is 13.8. The standard InChI is InChI=1S/C21H16F3NO3/c1-2-27-20(26)18-17(14-11-25-15-9-5-3-7-12(14)15)13-8-4-6-10-16(13)28-19(18)21(22,23)24/h3-11,17,25H,2H2,1H3. The second kappa shape index (κ2) is 6.74. The van der Waals surface area contributed by atoms with E-state index in [2.05, 4.69) is 4.98 Å². The zero-order chi connectivity index (χ0) is 19.9. The predicted molar refractivity (Wildman–Crippen MR) is 96.9 cm³/mol. The molecule has 1 atom stereocenters. The molecule has 0 radical (unpaired) electrons. The first kappa shape index (κ1) is 18.2. The normalized spacial score (nSPS) is 16.6. The summed E-state index contributed by atoms with van der Waals surface area (Å²) in [6.45, 7) is 1.50. The largest absolute Gasteiger partial charge is 0.463 e. The molecule has 4 rings (SSSR count). The van der Waals surface area contributed by atoms with Crippen LogP contribution in [0, 0.1) is 0 Å². The summed E-state index contributed by atoms with van der Waals surface area (Å²) >= 11 is 0. The fourth-order valence-corrected chi connectivity index (χ4v) is 3.55. The number of hydrogen-bond acceptors (Lipinski definition) is 3. The van der Waals surface area contributed by atoms with Gasteiger partial charge in [0.25, 0.3) is 0 Å². The van der Waals surface area contributed by atoms with Gasteiger partial charge >= 0.3 is 12.1 Å². The van der Waals surface area contributed by atoms with Gasteiger partial charge in [-0.05, 0) is 24.6 Å². The van der Waals surface area contributed by atoms with Crippen molar-refractivity contribution in [2.24, 2.45) is 0 Å². The zero-order valence-corrected chi connectivity index (χ0v) is 14.8. The number of esters is 1. The maximum Gasteiger partial charge on any atom is 0.450 e. The van der Waals surface area contributed by atoms with Crippen LogP contribution >= 0.6 is 0 Å². The second-order valence-corrected chi connectivity index (χ2v) is 6.32. The van der Waals surface area contributed by atoms with Gasteiger partial charge in [0.05, 0.1) is 18.1 Å². The van der Waals surface area contributed by atoms with Crippen LogP contribution in [-0.2, 0) is 9.53 Å². The summed E-state index contributed by atoms with van der Waals surface area (Å²) in [5.41, 5.74) is 1.25. The summed E-state index contributed by atoms with van der Waals surface area (Å²) in [6.07, 6.45) is -3.22. The molecular formula is C21H16F3NO3. The van der Waals surface area contributed by atoms with Crippen molar-refractivity contribution < 1.29 is 27.4 Å². The summed E-state index contributed by atoms with van der Waals surface area (Å²) in [6, 6.07) is 13.7. The van der Waals surface area contributed by atoms with Crippen LogP contribution in [0.3, 0.4) is 0 Å². The predicted octanol–water partition coefficient (Wildman–Crippen LogP) is 5.07. The highest BCUT2D eigenvalue weighted by Crippen LogP contribution is 2.48. The Morgan fingerprint density at radius 3 is 2.57 bits per heavy atom. The van der Waals surface area contributed by atoms with Gasteiger partial charge in [-0.2, -0.15) is 13.2 Å². The van der Waals surface area contributed by atoms with Gasteiger partial charge in [-0.1, -0.05) is 36.4 Å². The highest BCUT2D eigenvalue weighted by molar-refractivity contribution is 5.95. The Labute approximate surface area is 158 Å². The molecule has 144 valence electrons. The van der Waals surface area contributed by atoms with E-state index in [4.69, 9.17) is 9.47 Å². The van der Waals surface area contributed by atoms with Gasteiger partial charge in [0, 0.05) is 22.7 Å². The number of halogens is 3. The lowest BCUT2D eigenvalue weighted by Gasteiger charge is -2.30. The van der Waals surface area contributed by atoms with Gasteiger partial charge < -0.3 is 14.5 Å². The van der Waals surface area contributed by atoms with Gasteiger partial charge in [-0.3, -0.25) is 0 Å². The van der Waals surface area contributed by atoms with Gasteiger partial charge in [-0.15, -0.1) is 0 Å². The number of aromatic amines is 1. The Hall–Kier alpha value is -3.22. The summed E-state index contributed by atoms with van der Waals surface area (Å²) in [5, 5.41) is 0.729. The number of nitrogens with one attached hydrogen (secondary N) is 1. The van der Waals surface area contributed by atoms with Crippen molar-refractivity contribution in [1.29, 1.82) is 0 Å². The molecule has 0 saturated carbocycles. The van der Waals surface area contributed by atoms with E-state index < -0.39 is 29.4 Å². The molecule has 2 heterocycles. The fourth-order valence-electron chi connectivity index (χ4n) is 3.55. The molecule has 0 aliphatic carbocycles. The van der Waals surface area contributed by atoms with Crippen LogP contribution in [0.1, 0.15) is 24.0 Å². The molecule has 7 heteroatoms. The van der Waals surface area contributed by atoms with Crippen molar-refractivity contribution in [3.05, 3.63) is 77.2 Å². The Balaban J connectivity index is 2.03. The lowest BCUT2D eigenvalue weighted by molar-refractivity contribution is -0.143. The SMILES string of the molecule is CCOC(=O)C1=C(C(F)(F)F)Oc2ccccc2C1c1c[nH]c2ccccc12. The van der Waals surface area contributed by atoms with E-state index >= 15 is 0 Å². The van der Waals surface area contributed by atoms with Crippen LogP contribution in [0.2, 0.25) is 0 Å². The number of fused-ring (bicyclic) bond motifs is 2. The third-order valence-electron chi connectivity index (χ3n) is 4.66. The van der Waals surface area contributed by atoms with Crippen molar-refractivity contribution in [1.82, 2.24) is 4.98 Å². The first-order valence-corrected chi connectivity index (χ1v) is 8.73. The number of carbonyl (C=O) groups excluding carboxylic acids is 1. The third kappa shape index (κ3) is 2.93. The van der Waals surface area contributed by atoms with Crippen molar-refractivity contribution in [2.75, 3.05) is 6.61 Å². The van der Waals surface area contributed by atoms with E-state index in [0.717, 1.165) is 10.9 Å². The Kier molecular flexibility index (Phi) is 4.37. The number of rotatable bonds is 3. The number of carbonyl (C=O) groups is 1. The lowest BCUT2D eigenvalue weighted by atomic mass is 9.82. The molecule has 4 nitrogen and oxygen atoms in total. The molecule has 1 N–H and O–H groups in total. The Morgan fingerprint density at radius 1 is 1.11 bits per heavy atom. The third-order valence-corrected chi connectivity index (χ3v) is 4.66. The topological polar surface area (TPSA) is 51.3 Å². The monoisotopic (exact) mass is 387 g/mol. The van der Waals surface area contributed by atoms with E-state index in [9.17, 15) is 18.0 Å². The van der Waals surface area contributed by atoms with Crippen molar-refractivity contribution in [3.63, 3.8) is 0 Å². The zero-order valence-electron chi connectivity index (χ0n) is 14.8. The summed E-state index contributed by atoms with van der Waals surface area (Å²) in [7, 11) is 0. The van der Waals surface area contributed by atoms with Gasteiger partial charge in [0.1, 0.15) is 5.75 Å². The average Bonchev–Trinajstić information content (AvgIpc) is 3.09. The minimum Gasteiger partial charge on any atom is -0.463 e. The molecule has 0 amide bonds. The first-order valence-electron chi connectivity index (χ1n) is 8.73. The number of hydrogen-bond donors (Lipinski definition) is 1. The van der Waals surface area contributed by atoms with Crippen molar-refractivity contribution >= 4 is 16.9 Å². The lowest BCUT2D eigenvalue weighted by Crippen LogP contribution is -2.30. The second-order valence-electron chi connectivity index (χ2n) is 6.32. The Bertz CT molecular complexity index is 1080.